The average molecular weight is 242 g/mol. The molecule has 0 spiro atoms. The summed E-state index contributed by atoms with van der Waals surface area (Å²) in [6.07, 6.45) is 6.00. The van der Waals surface area contributed by atoms with Gasteiger partial charge in [0.15, 0.2) is 0 Å². The van der Waals surface area contributed by atoms with E-state index in [-0.39, 0.29) is 12.2 Å². The second-order valence-electron chi connectivity index (χ2n) is 3.13. The van der Waals surface area contributed by atoms with Gasteiger partial charge >= 0.3 is 0 Å². The lowest BCUT2D eigenvalue weighted by Crippen LogP contribution is -2.11. The summed E-state index contributed by atoms with van der Waals surface area (Å²) in [6, 6.07) is 3.97. The lowest BCUT2D eigenvalue weighted by atomic mass is 10.2. The maximum atomic E-state index is 13.2. The lowest BCUT2D eigenvalue weighted by molar-refractivity contribution is 0.604. The normalized spacial score (nSPS) is 10.6. The number of benzene rings is 1. The molecule has 0 aliphatic carbocycles. The largest absolute Gasteiger partial charge is 0.374 e. The molecule has 0 heterocycles. The maximum absolute atomic E-state index is 13.2. The Labute approximate surface area is 93.9 Å². The Morgan fingerprint density at radius 1 is 1.50 bits per heavy atom. The molecule has 86 valence electrons. The van der Waals surface area contributed by atoms with Gasteiger partial charge in [-0.3, -0.25) is 4.72 Å². The minimum Gasteiger partial charge on any atom is -0.374 e. The van der Waals surface area contributed by atoms with E-state index in [4.69, 9.17) is 6.42 Å². The van der Waals surface area contributed by atoms with Gasteiger partial charge in [0.05, 0.1) is 18.5 Å². The Morgan fingerprint density at radius 3 is 2.75 bits per heavy atom. The quantitative estimate of drug-likeness (QED) is 0.781. The highest BCUT2D eigenvalue weighted by molar-refractivity contribution is 7.92. The van der Waals surface area contributed by atoms with Crippen molar-refractivity contribution in [3.63, 3.8) is 0 Å². The molecule has 0 aliphatic heterocycles. The molecule has 0 saturated carbocycles. The van der Waals surface area contributed by atoms with E-state index in [0.29, 0.717) is 5.69 Å². The van der Waals surface area contributed by atoms with Gasteiger partial charge in [0, 0.05) is 5.69 Å². The fourth-order valence-corrected chi connectivity index (χ4v) is 1.62. The van der Waals surface area contributed by atoms with Gasteiger partial charge in [-0.1, -0.05) is 5.92 Å². The minimum absolute atomic E-state index is 0.107. The zero-order chi connectivity index (χ0) is 12.2. The third-order valence-corrected chi connectivity index (χ3v) is 2.25. The van der Waals surface area contributed by atoms with E-state index in [1.54, 1.807) is 0 Å². The fourth-order valence-electron chi connectivity index (χ4n) is 1.07. The molecule has 0 unspecified atom stereocenters. The molecule has 0 bridgehead atoms. The number of hydrogen-bond donors (Lipinski definition) is 2. The van der Waals surface area contributed by atoms with Crippen LogP contribution in [0.25, 0.3) is 0 Å². The molecule has 0 atom stereocenters. The van der Waals surface area contributed by atoms with Gasteiger partial charge in [-0.05, 0) is 18.2 Å². The first-order chi connectivity index (χ1) is 7.42. The van der Waals surface area contributed by atoms with Crippen LogP contribution in [0.3, 0.4) is 0 Å². The highest BCUT2D eigenvalue weighted by Gasteiger charge is 2.08. The SMILES string of the molecule is C#CCNc1ccc(F)c(NS(C)(=O)=O)c1. The summed E-state index contributed by atoms with van der Waals surface area (Å²) < 4.78 is 37.2. The molecule has 4 nitrogen and oxygen atoms in total. The first-order valence-electron chi connectivity index (χ1n) is 4.37. The molecular formula is C10H11FN2O2S. The van der Waals surface area contributed by atoms with Gasteiger partial charge in [0.25, 0.3) is 0 Å². The summed E-state index contributed by atoms with van der Waals surface area (Å²) in [6.45, 7) is 0.282. The predicted molar refractivity (Wildman–Crippen MR) is 62.2 cm³/mol. The highest BCUT2D eigenvalue weighted by atomic mass is 32.2. The van der Waals surface area contributed by atoms with E-state index in [1.165, 1.54) is 12.1 Å². The number of halogens is 1. The Bertz CT molecular complexity index is 520. The molecule has 0 fully saturated rings. The van der Waals surface area contributed by atoms with E-state index < -0.39 is 15.8 Å². The first-order valence-corrected chi connectivity index (χ1v) is 6.26. The van der Waals surface area contributed by atoms with E-state index in [1.807, 2.05) is 0 Å². The molecule has 0 aliphatic rings. The summed E-state index contributed by atoms with van der Waals surface area (Å²) >= 11 is 0. The van der Waals surface area contributed by atoms with Crippen LogP contribution in [0.2, 0.25) is 0 Å². The summed E-state index contributed by atoms with van der Waals surface area (Å²) in [5.41, 5.74) is 0.440. The minimum atomic E-state index is -3.50. The molecule has 0 amide bonds. The van der Waals surface area contributed by atoms with Crippen molar-refractivity contribution in [2.75, 3.05) is 22.8 Å². The van der Waals surface area contributed by atoms with Gasteiger partial charge in [0.1, 0.15) is 5.82 Å². The highest BCUT2D eigenvalue weighted by Crippen LogP contribution is 2.20. The Morgan fingerprint density at radius 2 is 2.19 bits per heavy atom. The molecule has 0 aromatic heterocycles. The first kappa shape index (κ1) is 12.3. The number of terminal acetylenes is 1. The van der Waals surface area contributed by atoms with Gasteiger partial charge in [-0.25, -0.2) is 12.8 Å². The number of hydrogen-bond acceptors (Lipinski definition) is 3. The van der Waals surface area contributed by atoms with Crippen LogP contribution in [0.15, 0.2) is 18.2 Å². The van der Waals surface area contributed by atoms with Crippen LogP contribution in [0.1, 0.15) is 0 Å². The van der Waals surface area contributed by atoms with Gasteiger partial charge in [-0.2, -0.15) is 0 Å². The van der Waals surface area contributed by atoms with Gasteiger partial charge in [-0.15, -0.1) is 6.42 Å². The maximum Gasteiger partial charge on any atom is 0.229 e. The summed E-state index contributed by atoms with van der Waals surface area (Å²) in [5.74, 6) is 1.71. The van der Waals surface area contributed by atoms with E-state index in [0.717, 1.165) is 12.3 Å². The van der Waals surface area contributed by atoms with Crippen LogP contribution in [0.5, 0.6) is 0 Å². The van der Waals surface area contributed by atoms with Crippen molar-refractivity contribution in [3.05, 3.63) is 24.0 Å². The van der Waals surface area contributed by atoms with E-state index in [9.17, 15) is 12.8 Å². The monoisotopic (exact) mass is 242 g/mol. The van der Waals surface area contributed by atoms with Crippen molar-refractivity contribution in [1.29, 1.82) is 0 Å². The molecule has 0 radical (unpaired) electrons. The van der Waals surface area contributed by atoms with E-state index >= 15 is 0 Å². The number of rotatable bonds is 4. The molecule has 2 N–H and O–H groups in total. The molecule has 6 heteroatoms. The second kappa shape index (κ2) is 4.86. The van der Waals surface area contributed by atoms with Crippen molar-refractivity contribution in [2.24, 2.45) is 0 Å². The summed E-state index contributed by atoms with van der Waals surface area (Å²) in [7, 11) is -3.50. The van der Waals surface area contributed by atoms with Crippen LogP contribution in [-0.4, -0.2) is 21.2 Å². The molecular weight excluding hydrogens is 231 g/mol. The number of anilines is 2. The Balaban J connectivity index is 2.96. The van der Waals surface area contributed by atoms with Crippen LogP contribution in [0, 0.1) is 18.2 Å². The van der Waals surface area contributed by atoms with Crippen molar-refractivity contribution in [1.82, 2.24) is 0 Å². The molecule has 0 saturated heterocycles. The zero-order valence-electron chi connectivity index (χ0n) is 8.62. The Kier molecular flexibility index (Phi) is 3.74. The van der Waals surface area contributed by atoms with Crippen molar-refractivity contribution >= 4 is 21.4 Å². The number of nitrogens with one attached hydrogen (secondary N) is 2. The number of sulfonamides is 1. The second-order valence-corrected chi connectivity index (χ2v) is 4.87. The molecule has 1 rings (SSSR count). The van der Waals surface area contributed by atoms with Gasteiger partial charge in [0.2, 0.25) is 10.0 Å². The van der Waals surface area contributed by atoms with Crippen molar-refractivity contribution in [2.45, 2.75) is 0 Å². The lowest BCUT2D eigenvalue weighted by Gasteiger charge is -2.08. The van der Waals surface area contributed by atoms with E-state index in [2.05, 4.69) is 16.0 Å². The van der Waals surface area contributed by atoms with Crippen molar-refractivity contribution in [3.8, 4) is 12.3 Å². The van der Waals surface area contributed by atoms with Gasteiger partial charge < -0.3 is 5.32 Å². The van der Waals surface area contributed by atoms with Crippen LogP contribution in [-0.2, 0) is 10.0 Å². The third-order valence-electron chi connectivity index (χ3n) is 1.66. The van der Waals surface area contributed by atoms with Crippen LogP contribution in [0.4, 0.5) is 15.8 Å². The summed E-state index contributed by atoms with van der Waals surface area (Å²) in [4.78, 5) is 0. The standard InChI is InChI=1S/C10H11FN2O2S/c1-3-6-12-8-4-5-9(11)10(7-8)13-16(2,14)15/h1,4-5,7,12-13H,6H2,2H3. The predicted octanol–water partition coefficient (Wildman–Crippen LogP) is 1.24. The smallest absolute Gasteiger partial charge is 0.229 e. The topological polar surface area (TPSA) is 58.2 Å². The molecule has 16 heavy (non-hydrogen) atoms. The summed E-state index contributed by atoms with van der Waals surface area (Å²) in [5, 5.41) is 2.81. The zero-order valence-corrected chi connectivity index (χ0v) is 9.44. The Hall–Kier alpha value is -1.74. The van der Waals surface area contributed by atoms with Crippen molar-refractivity contribution < 1.29 is 12.8 Å². The van der Waals surface area contributed by atoms with Crippen LogP contribution < -0.4 is 10.0 Å². The fraction of sp³-hybridized carbons (Fsp3) is 0.200. The molecule has 1 aromatic rings. The van der Waals surface area contributed by atoms with Crippen LogP contribution >= 0.6 is 0 Å². The average Bonchev–Trinajstić information content (AvgIpc) is 2.17. The third kappa shape index (κ3) is 3.79. The molecule has 1 aromatic carbocycles.